The zero-order valence-electron chi connectivity index (χ0n) is 18.7. The minimum absolute atomic E-state index is 0.00856. The van der Waals surface area contributed by atoms with Crippen molar-refractivity contribution in [2.45, 2.75) is 50.5 Å². The zero-order valence-corrected chi connectivity index (χ0v) is 19.5. The maximum absolute atomic E-state index is 12.8. The van der Waals surface area contributed by atoms with Gasteiger partial charge in [0.2, 0.25) is 15.9 Å². The van der Waals surface area contributed by atoms with Crippen LogP contribution in [0.15, 0.2) is 35.4 Å². The van der Waals surface area contributed by atoms with E-state index in [9.17, 15) is 18.0 Å². The van der Waals surface area contributed by atoms with Crippen LogP contribution in [-0.4, -0.2) is 66.7 Å². The number of amides is 1. The van der Waals surface area contributed by atoms with Crippen molar-refractivity contribution in [2.75, 3.05) is 26.2 Å². The molecular formula is C21H31N3O7S. The Hall–Kier alpha value is -2.66. The van der Waals surface area contributed by atoms with E-state index in [4.69, 9.17) is 14.6 Å². The van der Waals surface area contributed by atoms with Crippen LogP contribution in [0.5, 0.6) is 5.88 Å². The fourth-order valence-electron chi connectivity index (χ4n) is 3.09. The van der Waals surface area contributed by atoms with Gasteiger partial charge in [0.25, 0.3) is 0 Å². The molecule has 2 rings (SSSR count). The fraction of sp³-hybridized carbons (Fsp3) is 0.571. The second-order valence-electron chi connectivity index (χ2n) is 8.67. The molecule has 32 heavy (non-hydrogen) atoms. The molecule has 0 aliphatic carbocycles. The van der Waals surface area contributed by atoms with Crippen molar-refractivity contribution < 1.29 is 32.6 Å². The molecule has 1 aromatic heterocycles. The first-order chi connectivity index (χ1) is 14.9. The van der Waals surface area contributed by atoms with Crippen LogP contribution in [0, 0.1) is 5.92 Å². The molecule has 0 bridgehead atoms. The van der Waals surface area contributed by atoms with Crippen LogP contribution in [0.2, 0.25) is 0 Å². The molecule has 1 aliphatic heterocycles. The molecule has 10 nitrogen and oxygen atoms in total. The number of sulfonamides is 1. The maximum atomic E-state index is 12.8. The lowest BCUT2D eigenvalue weighted by Gasteiger charge is -2.30. The Bertz CT molecular complexity index is 916. The molecule has 178 valence electrons. The molecule has 1 aromatic rings. The van der Waals surface area contributed by atoms with Crippen molar-refractivity contribution in [1.82, 2.24) is 14.6 Å². The van der Waals surface area contributed by atoms with Crippen molar-refractivity contribution in [2.24, 2.45) is 5.92 Å². The van der Waals surface area contributed by atoms with Crippen molar-refractivity contribution in [1.29, 1.82) is 0 Å². The van der Waals surface area contributed by atoms with E-state index >= 15 is 0 Å². The highest BCUT2D eigenvalue weighted by molar-refractivity contribution is 7.89. The van der Waals surface area contributed by atoms with Crippen LogP contribution < -0.4 is 10.1 Å². The Balaban J connectivity index is 1.83. The first-order valence-electron chi connectivity index (χ1n) is 10.3. The summed E-state index contributed by atoms with van der Waals surface area (Å²) in [5.41, 5.74) is -0.0129. The number of rotatable bonds is 9. The van der Waals surface area contributed by atoms with E-state index < -0.39 is 27.7 Å². The average molecular weight is 470 g/mol. The standard InChI is InChI=1S/C21H31N3O7S/c1-15(12-23-20(27)31-21(2,3)4)14-30-18-6-5-17(13-22-18)32(28,29)24-9-7-16(8-10-24)11-19(25)26/h5-6,13,16H,1,7-12,14H2,2-4H3,(H,23,27)(H,25,26). The van der Waals surface area contributed by atoms with E-state index in [2.05, 4.69) is 16.9 Å². The minimum atomic E-state index is -3.71. The number of aromatic nitrogens is 1. The molecule has 1 amide bonds. The van der Waals surface area contributed by atoms with E-state index in [-0.39, 0.29) is 49.4 Å². The van der Waals surface area contributed by atoms with Gasteiger partial charge in [0.05, 0.1) is 6.20 Å². The Morgan fingerprint density at radius 1 is 1.28 bits per heavy atom. The number of hydrogen-bond acceptors (Lipinski definition) is 7. The number of piperidine rings is 1. The van der Waals surface area contributed by atoms with Crippen LogP contribution in [0.3, 0.4) is 0 Å². The van der Waals surface area contributed by atoms with E-state index in [1.54, 1.807) is 20.8 Å². The topological polar surface area (TPSA) is 135 Å². The number of carboxylic acids is 1. The molecule has 1 saturated heterocycles. The molecule has 0 radical (unpaired) electrons. The molecule has 1 fully saturated rings. The molecule has 11 heteroatoms. The highest BCUT2D eigenvalue weighted by Gasteiger charge is 2.30. The van der Waals surface area contributed by atoms with Crippen molar-refractivity contribution in [3.8, 4) is 5.88 Å². The fourth-order valence-corrected chi connectivity index (χ4v) is 4.51. The molecule has 2 heterocycles. The van der Waals surface area contributed by atoms with E-state index in [0.717, 1.165) is 0 Å². The summed E-state index contributed by atoms with van der Waals surface area (Å²) in [6.45, 7) is 9.93. The van der Waals surface area contributed by atoms with Crippen LogP contribution in [-0.2, 0) is 19.6 Å². The van der Waals surface area contributed by atoms with Gasteiger partial charge in [0.15, 0.2) is 0 Å². The summed E-state index contributed by atoms with van der Waals surface area (Å²) in [5.74, 6) is -0.650. The van der Waals surface area contributed by atoms with Crippen molar-refractivity contribution in [3.63, 3.8) is 0 Å². The highest BCUT2D eigenvalue weighted by Crippen LogP contribution is 2.26. The third-order valence-electron chi connectivity index (χ3n) is 4.69. The summed E-state index contributed by atoms with van der Waals surface area (Å²) in [5, 5.41) is 11.5. The molecule has 0 unspecified atom stereocenters. The lowest BCUT2D eigenvalue weighted by molar-refractivity contribution is -0.138. The average Bonchev–Trinajstić information content (AvgIpc) is 2.70. The predicted octanol–water partition coefficient (Wildman–Crippen LogP) is 2.42. The summed E-state index contributed by atoms with van der Waals surface area (Å²) in [7, 11) is -3.71. The smallest absolute Gasteiger partial charge is 0.407 e. The number of hydrogen-bond donors (Lipinski definition) is 2. The number of pyridine rings is 1. The van der Waals surface area contributed by atoms with Crippen molar-refractivity contribution >= 4 is 22.1 Å². The molecule has 0 aromatic carbocycles. The first-order valence-corrected chi connectivity index (χ1v) is 11.7. The summed E-state index contributed by atoms with van der Waals surface area (Å²) in [6, 6.07) is 2.88. The minimum Gasteiger partial charge on any atom is -0.481 e. The number of carbonyl (C=O) groups is 2. The number of alkyl carbamates (subject to hydrolysis) is 1. The van der Waals surface area contributed by atoms with Gasteiger partial charge in [-0.05, 0) is 51.2 Å². The van der Waals surface area contributed by atoms with Crippen molar-refractivity contribution in [3.05, 3.63) is 30.5 Å². The van der Waals surface area contributed by atoms with Gasteiger partial charge in [0, 0.05) is 32.1 Å². The largest absolute Gasteiger partial charge is 0.481 e. The Morgan fingerprint density at radius 3 is 2.47 bits per heavy atom. The number of carboxylic acid groups (broad SMARTS) is 1. The lowest BCUT2D eigenvalue weighted by atomic mass is 9.95. The summed E-state index contributed by atoms with van der Waals surface area (Å²) >= 11 is 0. The van der Waals surface area contributed by atoms with Gasteiger partial charge in [-0.3, -0.25) is 4.79 Å². The number of ether oxygens (including phenoxy) is 2. The van der Waals surface area contributed by atoms with Crippen LogP contribution in [0.1, 0.15) is 40.0 Å². The number of nitrogens with one attached hydrogen (secondary N) is 1. The van der Waals surface area contributed by atoms with E-state index in [1.807, 2.05) is 0 Å². The first kappa shape index (κ1) is 25.6. The van der Waals surface area contributed by atoms with E-state index in [0.29, 0.717) is 18.4 Å². The number of aliphatic carboxylic acids is 1. The van der Waals surface area contributed by atoms with Gasteiger partial charge in [-0.1, -0.05) is 6.58 Å². The molecule has 2 N–H and O–H groups in total. The molecular weight excluding hydrogens is 438 g/mol. The SMILES string of the molecule is C=C(CNC(=O)OC(C)(C)C)COc1ccc(S(=O)(=O)N2CCC(CC(=O)O)CC2)cn1. The highest BCUT2D eigenvalue weighted by atomic mass is 32.2. The summed E-state index contributed by atoms with van der Waals surface area (Å²) in [4.78, 5) is 26.6. The van der Waals surface area contributed by atoms with Gasteiger partial charge in [-0.15, -0.1) is 0 Å². The Labute approximate surface area is 188 Å². The van der Waals surface area contributed by atoms with Gasteiger partial charge in [-0.2, -0.15) is 4.31 Å². The normalized spacial score (nSPS) is 15.7. The van der Waals surface area contributed by atoms with Gasteiger partial charge in [-0.25, -0.2) is 18.2 Å². The van der Waals surface area contributed by atoms with Crippen LogP contribution in [0.4, 0.5) is 4.79 Å². The Kier molecular flexibility index (Phi) is 8.62. The third-order valence-corrected chi connectivity index (χ3v) is 6.57. The molecule has 0 saturated carbocycles. The van der Waals surface area contributed by atoms with Gasteiger partial charge < -0.3 is 19.9 Å². The third kappa shape index (κ3) is 8.12. The van der Waals surface area contributed by atoms with Crippen LogP contribution >= 0.6 is 0 Å². The van der Waals surface area contributed by atoms with Gasteiger partial charge in [0.1, 0.15) is 17.1 Å². The summed E-state index contributed by atoms with van der Waals surface area (Å²) < 4.78 is 37.6. The molecule has 0 atom stereocenters. The van der Waals surface area contributed by atoms with E-state index in [1.165, 1.54) is 22.6 Å². The molecule has 1 aliphatic rings. The number of carbonyl (C=O) groups excluding carboxylic acids is 1. The summed E-state index contributed by atoms with van der Waals surface area (Å²) in [6.07, 6.45) is 1.76. The number of nitrogens with zero attached hydrogens (tertiary/aromatic N) is 2. The Morgan fingerprint density at radius 2 is 1.94 bits per heavy atom. The maximum Gasteiger partial charge on any atom is 0.407 e. The predicted molar refractivity (Wildman–Crippen MR) is 117 cm³/mol. The lowest BCUT2D eigenvalue weighted by Crippen LogP contribution is -2.38. The quantitative estimate of drug-likeness (QED) is 0.527. The zero-order chi connectivity index (χ0) is 23.9. The second-order valence-corrected chi connectivity index (χ2v) is 10.6. The second kappa shape index (κ2) is 10.8. The monoisotopic (exact) mass is 469 g/mol. The van der Waals surface area contributed by atoms with Gasteiger partial charge >= 0.3 is 12.1 Å². The van der Waals surface area contributed by atoms with Crippen LogP contribution in [0.25, 0.3) is 0 Å². The molecule has 0 spiro atoms.